The second-order valence-electron chi connectivity index (χ2n) is 19.7. The summed E-state index contributed by atoms with van der Waals surface area (Å²) in [4.78, 5) is 60.5. The molecule has 2 aromatic heterocycles. The highest BCUT2D eigenvalue weighted by Crippen LogP contribution is 2.65. The number of nitrogens with one attached hydrogen (secondary N) is 1. The number of aliphatic hydroxyl groups excluding tert-OH is 1. The van der Waals surface area contributed by atoms with E-state index in [1.807, 2.05) is 65.0 Å². The molecule has 30 heteroatoms. The predicted octanol–water partition coefficient (Wildman–Crippen LogP) is 5.53. The van der Waals surface area contributed by atoms with Crippen LogP contribution >= 0.6 is 23.0 Å². The first-order valence-electron chi connectivity index (χ1n) is 24.2. The largest absolute Gasteiger partial charge is 0.479 e. The number of nitrogens with two attached hydrogens (primary N) is 1. The van der Waals surface area contributed by atoms with Crippen molar-refractivity contribution >= 4 is 83.1 Å². The number of nitrogens with zero attached hydrogens (tertiary/aromatic N) is 5. The Hall–Kier alpha value is -5.23. The molecular formula is C48H61N7O18P3S2+. The van der Waals surface area contributed by atoms with Gasteiger partial charge in [0, 0.05) is 66.5 Å². The second kappa shape index (κ2) is 23.1. The molecule has 5 heterocycles. The van der Waals surface area contributed by atoms with Gasteiger partial charge in [-0.3, -0.25) is 27.6 Å². The van der Waals surface area contributed by atoms with E-state index in [0.717, 1.165) is 28.3 Å². The summed E-state index contributed by atoms with van der Waals surface area (Å²) >= 11 is 0. The summed E-state index contributed by atoms with van der Waals surface area (Å²) in [5, 5.41) is 13.8. The van der Waals surface area contributed by atoms with Gasteiger partial charge in [-0.2, -0.15) is 21.4 Å². The molecule has 78 heavy (non-hydrogen) atoms. The Bertz CT molecular complexity index is 3600. The number of carbonyl (C=O) groups is 1. The molecule has 5 atom stereocenters. The average Bonchev–Trinajstić information content (AvgIpc) is 4.05. The smallest absolute Gasteiger partial charge is 0.390 e. The molecule has 3 aliphatic heterocycles. The number of anilines is 2. The molecule has 25 nitrogen and oxygen atoms in total. The van der Waals surface area contributed by atoms with Crippen molar-refractivity contribution in [1.82, 2.24) is 19.9 Å². The van der Waals surface area contributed by atoms with Gasteiger partial charge in [0.15, 0.2) is 11.6 Å². The molecule has 3 aliphatic rings. The number of aliphatic hydroxyl groups is 1. The van der Waals surface area contributed by atoms with Crippen molar-refractivity contribution in [3.05, 3.63) is 102 Å². The maximum atomic E-state index is 13.0. The molecule has 422 valence electrons. The fraction of sp³-hybridized carbons (Fsp3) is 0.417. The number of allylic oxidation sites excluding steroid dienone is 6. The van der Waals surface area contributed by atoms with Crippen LogP contribution in [0.5, 0.6) is 0 Å². The van der Waals surface area contributed by atoms with Gasteiger partial charge in [0.2, 0.25) is 11.6 Å². The predicted molar refractivity (Wildman–Crippen MR) is 286 cm³/mol. The number of carbonyl (C=O) groups excluding carboxylic acids is 1. The molecule has 0 radical (unpaired) electrons. The topological polar surface area (TPSA) is 381 Å². The molecule has 7 rings (SSSR count). The number of amides is 1. The van der Waals surface area contributed by atoms with Crippen molar-refractivity contribution in [2.24, 2.45) is 0 Å². The van der Waals surface area contributed by atoms with Crippen molar-refractivity contribution in [1.29, 1.82) is 0 Å². The highest BCUT2D eigenvalue weighted by Gasteiger charge is 2.46. The standard InChI is InChI=1S/C48H60N7O18P3S2/c1-6-53-36-20-18-32(77(65,66)67)24-34(36)47(2,3)40(53)15-9-7-10-16-41-48(4,5)35-25-33(78(68,69)70)19-21-37(35)54(41)23-12-8-11-17-42(57)50-22-13-14-31-27-55(46-44(31)45(49)51-29-52-46)43-26-38(56)39(72-43)28-71-76(63,64)73-75(61,62)30-74(58,59)60/h7,9-10,15-16,18-21,24-25,27,29,38-39,43,56H,6,8,11-12,17,22-23,26,28,30H2,1-5H3,(H8-,49,50,51,52,57,58,59,60,61,62,63,64,65,66,67,68,69,70)/p+1/t38-,39-,43-/m1/s1. The molecular weight excluding hydrogens is 1120 g/mol. The molecule has 0 aliphatic carbocycles. The Kier molecular flexibility index (Phi) is 17.9. The minimum atomic E-state index is -5.37. The van der Waals surface area contributed by atoms with E-state index in [1.54, 1.807) is 12.1 Å². The molecule has 0 bridgehead atoms. The van der Waals surface area contributed by atoms with Gasteiger partial charge in [-0.1, -0.05) is 43.9 Å². The number of nitrogen functional groups attached to an aromatic ring is 1. The van der Waals surface area contributed by atoms with Gasteiger partial charge in [-0.05, 0) is 75.6 Å². The molecule has 4 aromatic rings. The van der Waals surface area contributed by atoms with E-state index in [0.29, 0.717) is 48.9 Å². The summed E-state index contributed by atoms with van der Waals surface area (Å²) in [7, 11) is -24.7. The number of aromatic nitrogens is 3. The van der Waals surface area contributed by atoms with Crippen molar-refractivity contribution in [2.45, 2.75) is 106 Å². The summed E-state index contributed by atoms with van der Waals surface area (Å²) in [5.41, 5.74) is 10.4. The van der Waals surface area contributed by atoms with Crippen LogP contribution in [0.4, 0.5) is 17.2 Å². The van der Waals surface area contributed by atoms with Gasteiger partial charge < -0.3 is 49.9 Å². The third-order valence-corrected chi connectivity index (χ3v) is 20.3. The average molecular weight is 1180 g/mol. The Balaban J connectivity index is 0.966. The van der Waals surface area contributed by atoms with E-state index in [9.17, 15) is 59.3 Å². The molecule has 1 saturated heterocycles. The van der Waals surface area contributed by atoms with Crippen LogP contribution in [0.25, 0.3) is 11.0 Å². The number of hydrogen-bond donors (Lipinski definition) is 9. The zero-order chi connectivity index (χ0) is 57.4. The molecule has 10 N–H and O–H groups in total. The monoisotopic (exact) mass is 1180 g/mol. The first kappa shape index (κ1) is 60.4. The van der Waals surface area contributed by atoms with Crippen molar-refractivity contribution in [3.8, 4) is 11.8 Å². The fourth-order valence-electron chi connectivity index (χ4n) is 9.74. The van der Waals surface area contributed by atoms with Gasteiger partial charge >= 0.3 is 23.0 Å². The second-order valence-corrected chi connectivity index (χ2v) is 28.1. The van der Waals surface area contributed by atoms with Crippen LogP contribution in [0.15, 0.2) is 94.8 Å². The van der Waals surface area contributed by atoms with Gasteiger partial charge in [-0.15, -0.1) is 0 Å². The summed E-state index contributed by atoms with van der Waals surface area (Å²) in [6.07, 6.45) is 10.6. The zero-order valence-electron chi connectivity index (χ0n) is 42.9. The number of benzene rings is 2. The van der Waals surface area contributed by atoms with Gasteiger partial charge in [0.05, 0.1) is 45.4 Å². The van der Waals surface area contributed by atoms with E-state index >= 15 is 0 Å². The number of unbranched alkanes of at least 4 members (excludes halogenated alkanes) is 2. The Morgan fingerprint density at radius 2 is 1.63 bits per heavy atom. The molecule has 1 amide bonds. The third kappa shape index (κ3) is 13.8. The lowest BCUT2D eigenvalue weighted by molar-refractivity contribution is -0.438. The molecule has 0 spiro atoms. The number of rotatable bonds is 21. The lowest BCUT2D eigenvalue weighted by Gasteiger charge is -2.25. The maximum Gasteiger partial charge on any atom is 0.479 e. The van der Waals surface area contributed by atoms with Crippen LogP contribution in [-0.2, 0) is 63.1 Å². The fourth-order valence-corrected chi connectivity index (χ4v) is 15.1. The molecule has 1 fully saturated rings. The zero-order valence-corrected chi connectivity index (χ0v) is 47.2. The highest BCUT2D eigenvalue weighted by atomic mass is 32.2. The van der Waals surface area contributed by atoms with Crippen LogP contribution in [0.2, 0.25) is 0 Å². The van der Waals surface area contributed by atoms with E-state index in [4.69, 9.17) is 24.8 Å². The Morgan fingerprint density at radius 3 is 2.29 bits per heavy atom. The van der Waals surface area contributed by atoms with E-state index in [2.05, 4.69) is 40.9 Å². The molecule has 2 aromatic carbocycles. The summed E-state index contributed by atoms with van der Waals surface area (Å²) in [6, 6.07) is 9.08. The number of ether oxygens (including phenoxy) is 1. The van der Waals surface area contributed by atoms with Crippen LogP contribution < -0.4 is 16.0 Å². The normalized spacial score (nSPS) is 21.3. The van der Waals surface area contributed by atoms with Crippen LogP contribution in [0, 0.1) is 11.8 Å². The number of phosphoric acid groups is 1. The summed E-state index contributed by atoms with van der Waals surface area (Å²) in [5.74, 6) is 3.91. The van der Waals surface area contributed by atoms with E-state index in [-0.39, 0.29) is 46.5 Å². The highest BCUT2D eigenvalue weighted by molar-refractivity contribution is 7.86. The van der Waals surface area contributed by atoms with Crippen LogP contribution in [-0.4, -0.2) is 126 Å². The number of likely N-dealkylation sites (N-methyl/N-ethyl adjacent to an activating group) is 1. The maximum absolute atomic E-state index is 13.0. The summed E-state index contributed by atoms with van der Waals surface area (Å²) < 4.78 is 122. The number of fused-ring (bicyclic) bond motifs is 3. The van der Waals surface area contributed by atoms with E-state index in [1.165, 1.54) is 41.4 Å². The summed E-state index contributed by atoms with van der Waals surface area (Å²) in [6.45, 7) is 10.1. The first-order valence-corrected chi connectivity index (χ1v) is 32.1. The SMILES string of the molecule is CCN1\C(=C/C=C/C=C/C2=[N+](CCCCCC(=O)NCC#Cc3cn([C@H]4C[C@@H](O)[C@@H](COP(=O)(O)OP(=O)(O)CP(=O)(O)O)O4)c4ncnc(N)c34)c3ccc(S(=O)(=O)O)cc3C2(C)C)C(C)(C)c2cc(S(=O)(=O)O)ccc21. The quantitative estimate of drug-likeness (QED) is 0.0124. The van der Waals surface area contributed by atoms with Crippen LogP contribution in [0.3, 0.4) is 0 Å². The van der Waals surface area contributed by atoms with Gasteiger partial charge in [0.1, 0.15) is 36.7 Å². The number of phosphoric ester groups is 1. The lowest BCUT2D eigenvalue weighted by Crippen LogP contribution is -2.28. The minimum Gasteiger partial charge on any atom is -0.390 e. The first-order chi connectivity index (χ1) is 36.2. The lowest BCUT2D eigenvalue weighted by atomic mass is 9.81. The number of hydrogen-bond acceptors (Lipinski definition) is 16. The van der Waals surface area contributed by atoms with Gasteiger partial charge in [-0.25, -0.2) is 18.8 Å². The van der Waals surface area contributed by atoms with Crippen molar-refractivity contribution in [2.75, 3.05) is 42.8 Å². The van der Waals surface area contributed by atoms with Crippen LogP contribution in [0.1, 0.15) is 89.6 Å². The Labute approximate surface area is 450 Å². The Morgan fingerprint density at radius 1 is 0.949 bits per heavy atom. The van der Waals surface area contributed by atoms with Gasteiger partial charge in [0.25, 0.3) is 20.2 Å². The van der Waals surface area contributed by atoms with Crippen molar-refractivity contribution < 1.29 is 87.3 Å². The third-order valence-electron chi connectivity index (χ3n) is 13.4. The minimum absolute atomic E-state index is 0.0447. The van der Waals surface area contributed by atoms with E-state index < -0.39 is 85.0 Å². The molecule has 0 saturated carbocycles. The molecule has 2 unspecified atom stereocenters. The van der Waals surface area contributed by atoms with Crippen molar-refractivity contribution in [3.63, 3.8) is 0 Å².